The molecule has 132 valence electrons. The predicted molar refractivity (Wildman–Crippen MR) is 97.9 cm³/mol. The van der Waals surface area contributed by atoms with Crippen LogP contribution in [0.2, 0.25) is 0 Å². The molecule has 0 bridgehead atoms. The zero-order valence-corrected chi connectivity index (χ0v) is 14.9. The lowest BCUT2D eigenvalue weighted by Crippen LogP contribution is -2.44. The fourth-order valence-electron chi connectivity index (χ4n) is 3.35. The number of rotatable bonds is 8. The number of nitrogens with zero attached hydrogens (tertiary/aromatic N) is 3. The summed E-state index contributed by atoms with van der Waals surface area (Å²) < 4.78 is 0. The van der Waals surface area contributed by atoms with Crippen molar-refractivity contribution >= 4 is 5.91 Å². The molecular weight excluding hydrogens is 312 g/mol. The van der Waals surface area contributed by atoms with Crippen LogP contribution < -0.4 is 5.32 Å². The summed E-state index contributed by atoms with van der Waals surface area (Å²) >= 11 is 0. The fourth-order valence-corrected chi connectivity index (χ4v) is 3.35. The van der Waals surface area contributed by atoms with Crippen molar-refractivity contribution in [3.8, 4) is 12.3 Å². The number of nitrogens with one attached hydrogen (secondary N) is 1. The quantitative estimate of drug-likeness (QED) is 0.741. The lowest BCUT2D eigenvalue weighted by atomic mass is 9.99. The molecule has 3 rings (SSSR count). The maximum absolute atomic E-state index is 12.1. The molecule has 5 nitrogen and oxygen atoms in total. The Morgan fingerprint density at radius 3 is 2.84 bits per heavy atom. The number of amides is 1. The van der Waals surface area contributed by atoms with Crippen LogP contribution in [0.1, 0.15) is 43.7 Å². The van der Waals surface area contributed by atoms with Crippen molar-refractivity contribution in [3.05, 3.63) is 35.4 Å². The number of carbonyl (C=O) groups is 1. The Balaban J connectivity index is 1.38. The molecule has 2 aliphatic heterocycles. The maximum Gasteiger partial charge on any atom is 0.220 e. The Morgan fingerprint density at radius 2 is 2.12 bits per heavy atom. The number of carbonyl (C=O) groups excluding carboxylic acids is 1. The van der Waals surface area contributed by atoms with Gasteiger partial charge in [-0.25, -0.2) is 0 Å². The van der Waals surface area contributed by atoms with Crippen LogP contribution in [-0.4, -0.2) is 35.6 Å². The molecule has 0 radical (unpaired) electrons. The van der Waals surface area contributed by atoms with Crippen molar-refractivity contribution in [3.63, 3.8) is 0 Å². The van der Waals surface area contributed by atoms with Gasteiger partial charge in [0.15, 0.2) is 5.66 Å². The number of hydrogen-bond donors (Lipinski definition) is 1. The van der Waals surface area contributed by atoms with Gasteiger partial charge >= 0.3 is 0 Å². The molecule has 5 heteroatoms. The van der Waals surface area contributed by atoms with Gasteiger partial charge in [0.05, 0.1) is 0 Å². The first-order chi connectivity index (χ1) is 12.1. The molecule has 2 heterocycles. The Labute approximate surface area is 149 Å². The molecule has 0 spiro atoms. The third-order valence-electron chi connectivity index (χ3n) is 5.18. The van der Waals surface area contributed by atoms with Gasteiger partial charge in [-0.3, -0.25) is 9.69 Å². The summed E-state index contributed by atoms with van der Waals surface area (Å²) in [6.07, 6.45) is 8.88. The average molecular weight is 338 g/mol. The van der Waals surface area contributed by atoms with E-state index in [0.717, 1.165) is 25.9 Å². The molecule has 0 aliphatic carbocycles. The van der Waals surface area contributed by atoms with Gasteiger partial charge in [-0.1, -0.05) is 24.3 Å². The minimum Gasteiger partial charge on any atom is -0.355 e. The normalized spacial score (nSPS) is 18.9. The zero-order chi connectivity index (χ0) is 17.7. The van der Waals surface area contributed by atoms with Gasteiger partial charge in [-0.15, -0.1) is 12.3 Å². The Bertz CT molecular complexity index is 685. The minimum absolute atomic E-state index is 0.0710. The first kappa shape index (κ1) is 17.6. The molecule has 0 saturated carbocycles. The van der Waals surface area contributed by atoms with Crippen LogP contribution in [0.5, 0.6) is 0 Å². The molecule has 1 aromatic rings. The highest BCUT2D eigenvalue weighted by atomic mass is 16.1. The first-order valence-corrected chi connectivity index (χ1v) is 9.07. The van der Waals surface area contributed by atoms with E-state index in [1.807, 2.05) is 0 Å². The van der Waals surface area contributed by atoms with Crippen LogP contribution in [-0.2, 0) is 17.8 Å². The SMILES string of the molecule is C#CCCC1(CCC(=O)NCC(C)N2CCc3ccccc3C2)N=N1. The summed E-state index contributed by atoms with van der Waals surface area (Å²) in [5, 5.41) is 11.2. The number of benzene rings is 1. The Hall–Kier alpha value is -2.19. The van der Waals surface area contributed by atoms with Crippen molar-refractivity contribution in [2.45, 2.75) is 57.3 Å². The van der Waals surface area contributed by atoms with E-state index in [1.54, 1.807) is 0 Å². The summed E-state index contributed by atoms with van der Waals surface area (Å²) in [7, 11) is 0. The molecule has 1 aromatic carbocycles. The molecule has 1 unspecified atom stereocenters. The van der Waals surface area contributed by atoms with Gasteiger partial charge in [0.1, 0.15) is 0 Å². The predicted octanol–water partition coefficient (Wildman–Crippen LogP) is 2.91. The van der Waals surface area contributed by atoms with E-state index in [9.17, 15) is 4.79 Å². The van der Waals surface area contributed by atoms with Crippen LogP contribution in [0.25, 0.3) is 0 Å². The van der Waals surface area contributed by atoms with Gasteiger partial charge in [0, 0.05) is 51.4 Å². The lowest BCUT2D eigenvalue weighted by molar-refractivity contribution is -0.121. The molecule has 0 saturated heterocycles. The van der Waals surface area contributed by atoms with E-state index in [4.69, 9.17) is 6.42 Å². The standard InChI is InChI=1S/C20H26N4O/c1-3-4-11-20(22-23-20)12-9-19(25)21-14-16(2)24-13-10-17-7-5-6-8-18(17)15-24/h1,5-8,16H,4,9-15H2,2H3,(H,21,25). The molecule has 1 amide bonds. The van der Waals surface area contributed by atoms with Crippen molar-refractivity contribution < 1.29 is 4.79 Å². The highest BCUT2D eigenvalue weighted by molar-refractivity contribution is 5.76. The van der Waals surface area contributed by atoms with Gasteiger partial charge < -0.3 is 5.32 Å². The summed E-state index contributed by atoms with van der Waals surface area (Å²) in [5.41, 5.74) is 2.48. The molecule has 0 aromatic heterocycles. The highest BCUT2D eigenvalue weighted by Gasteiger charge is 2.39. The van der Waals surface area contributed by atoms with Crippen LogP contribution in [0, 0.1) is 12.3 Å². The topological polar surface area (TPSA) is 57.1 Å². The van der Waals surface area contributed by atoms with E-state index in [0.29, 0.717) is 31.8 Å². The van der Waals surface area contributed by atoms with E-state index < -0.39 is 0 Å². The van der Waals surface area contributed by atoms with Crippen LogP contribution in [0.3, 0.4) is 0 Å². The van der Waals surface area contributed by atoms with Crippen LogP contribution in [0.4, 0.5) is 0 Å². The van der Waals surface area contributed by atoms with Gasteiger partial charge in [0.2, 0.25) is 5.91 Å². The number of fused-ring (bicyclic) bond motifs is 1. The highest BCUT2D eigenvalue weighted by Crippen LogP contribution is 2.37. The molecule has 0 fully saturated rings. The van der Waals surface area contributed by atoms with Crippen LogP contribution >= 0.6 is 0 Å². The third-order valence-corrected chi connectivity index (χ3v) is 5.18. The Kier molecular flexibility index (Phi) is 5.50. The maximum atomic E-state index is 12.1. The second kappa shape index (κ2) is 7.79. The van der Waals surface area contributed by atoms with E-state index in [1.165, 1.54) is 11.1 Å². The van der Waals surface area contributed by atoms with E-state index >= 15 is 0 Å². The summed E-state index contributed by atoms with van der Waals surface area (Å²) in [6, 6.07) is 8.93. The van der Waals surface area contributed by atoms with Gasteiger partial charge in [-0.2, -0.15) is 10.2 Å². The molecule has 25 heavy (non-hydrogen) atoms. The number of hydrogen-bond acceptors (Lipinski definition) is 4. The molecule has 2 aliphatic rings. The van der Waals surface area contributed by atoms with Crippen molar-refractivity contribution in [2.24, 2.45) is 10.2 Å². The van der Waals surface area contributed by atoms with E-state index in [2.05, 4.69) is 57.6 Å². The van der Waals surface area contributed by atoms with E-state index in [-0.39, 0.29) is 11.6 Å². The van der Waals surface area contributed by atoms with Crippen LogP contribution in [0.15, 0.2) is 34.5 Å². The Morgan fingerprint density at radius 1 is 1.36 bits per heavy atom. The van der Waals surface area contributed by atoms with Crippen molar-refractivity contribution in [1.82, 2.24) is 10.2 Å². The monoisotopic (exact) mass is 338 g/mol. The first-order valence-electron chi connectivity index (χ1n) is 9.07. The number of terminal acetylenes is 1. The molecular formula is C20H26N4O. The van der Waals surface area contributed by atoms with Crippen molar-refractivity contribution in [2.75, 3.05) is 13.1 Å². The minimum atomic E-state index is -0.369. The summed E-state index contributed by atoms with van der Waals surface area (Å²) in [5.74, 6) is 2.68. The largest absolute Gasteiger partial charge is 0.355 e. The lowest BCUT2D eigenvalue weighted by Gasteiger charge is -2.33. The second-order valence-electron chi connectivity index (χ2n) is 7.03. The van der Waals surface area contributed by atoms with Gasteiger partial charge in [-0.05, 0) is 24.5 Å². The average Bonchev–Trinajstić information content (AvgIpc) is 3.42. The van der Waals surface area contributed by atoms with Crippen molar-refractivity contribution in [1.29, 1.82) is 0 Å². The molecule has 1 N–H and O–H groups in total. The fraction of sp³-hybridized carbons (Fsp3) is 0.550. The summed E-state index contributed by atoms with van der Waals surface area (Å²) in [6.45, 7) is 4.85. The zero-order valence-electron chi connectivity index (χ0n) is 14.9. The summed E-state index contributed by atoms with van der Waals surface area (Å²) in [4.78, 5) is 14.6. The third kappa shape index (κ3) is 4.67. The second-order valence-corrected chi connectivity index (χ2v) is 7.03. The van der Waals surface area contributed by atoms with Gasteiger partial charge in [0.25, 0.3) is 0 Å². The molecule has 1 atom stereocenters. The smallest absolute Gasteiger partial charge is 0.220 e.